The van der Waals surface area contributed by atoms with Crippen LogP contribution in [-0.2, 0) is 0 Å². The topological polar surface area (TPSA) is 24.9 Å². The Morgan fingerprint density at radius 1 is 1.28 bits per heavy atom. The van der Waals surface area contributed by atoms with E-state index in [2.05, 4.69) is 41.9 Å². The molecule has 3 rings (SSSR count). The highest BCUT2D eigenvalue weighted by atomic mass is 32.1. The number of benzene rings is 1. The van der Waals surface area contributed by atoms with E-state index in [9.17, 15) is 0 Å². The first kappa shape index (κ1) is 11.9. The molecule has 2 aromatic rings. The van der Waals surface area contributed by atoms with Crippen LogP contribution in [0.2, 0.25) is 0 Å². The first-order valence-corrected chi connectivity index (χ1v) is 7.44. The van der Waals surface area contributed by atoms with Gasteiger partial charge in [0.05, 0.1) is 5.69 Å². The number of aryl methyl sites for hydroxylation is 1. The fraction of sp³-hybridized carbons (Fsp3) is 0.400. The monoisotopic (exact) mass is 258 g/mol. The Morgan fingerprint density at radius 2 is 2.11 bits per heavy atom. The fourth-order valence-corrected chi connectivity index (χ4v) is 3.31. The molecule has 0 spiro atoms. The van der Waals surface area contributed by atoms with Crippen molar-refractivity contribution in [3.8, 4) is 10.6 Å². The number of nitrogens with zero attached hydrogens (tertiary/aromatic N) is 1. The maximum absolute atomic E-state index is 4.81. The minimum Gasteiger partial charge on any atom is -0.316 e. The highest BCUT2D eigenvalue weighted by Gasteiger charge is 2.18. The van der Waals surface area contributed by atoms with Gasteiger partial charge < -0.3 is 5.32 Å². The van der Waals surface area contributed by atoms with Gasteiger partial charge in [-0.1, -0.05) is 29.8 Å². The van der Waals surface area contributed by atoms with Crippen LogP contribution in [0.1, 0.15) is 30.0 Å². The Bertz CT molecular complexity index is 510. The van der Waals surface area contributed by atoms with Crippen LogP contribution < -0.4 is 5.32 Å². The second-order valence-electron chi connectivity index (χ2n) is 4.99. The van der Waals surface area contributed by atoms with E-state index in [1.807, 2.05) is 0 Å². The van der Waals surface area contributed by atoms with E-state index in [1.165, 1.54) is 29.7 Å². The number of piperidine rings is 1. The molecule has 1 aromatic heterocycles. The van der Waals surface area contributed by atoms with Gasteiger partial charge in [-0.2, -0.15) is 0 Å². The third-order valence-corrected chi connectivity index (χ3v) is 4.45. The van der Waals surface area contributed by atoms with Crippen molar-refractivity contribution in [1.82, 2.24) is 10.3 Å². The summed E-state index contributed by atoms with van der Waals surface area (Å²) < 4.78 is 0. The van der Waals surface area contributed by atoms with Crippen LogP contribution in [0.3, 0.4) is 0 Å². The van der Waals surface area contributed by atoms with E-state index >= 15 is 0 Å². The molecule has 0 radical (unpaired) electrons. The van der Waals surface area contributed by atoms with Crippen LogP contribution in [0.15, 0.2) is 29.6 Å². The molecule has 1 aliphatic rings. The molecule has 3 heteroatoms. The minimum atomic E-state index is 0.606. The molecule has 1 atom stereocenters. The summed E-state index contributed by atoms with van der Waals surface area (Å²) in [6.45, 7) is 4.35. The van der Waals surface area contributed by atoms with Crippen molar-refractivity contribution in [3.05, 3.63) is 40.9 Å². The molecular formula is C15H18N2S. The summed E-state index contributed by atoms with van der Waals surface area (Å²) in [4.78, 5) is 4.81. The maximum atomic E-state index is 4.81. The van der Waals surface area contributed by atoms with Gasteiger partial charge in [-0.15, -0.1) is 11.3 Å². The predicted octanol–water partition coefficient (Wildman–Crippen LogP) is 3.59. The van der Waals surface area contributed by atoms with Crippen molar-refractivity contribution in [3.63, 3.8) is 0 Å². The average Bonchev–Trinajstić information content (AvgIpc) is 2.90. The van der Waals surface area contributed by atoms with Gasteiger partial charge >= 0.3 is 0 Å². The Morgan fingerprint density at radius 3 is 2.83 bits per heavy atom. The minimum absolute atomic E-state index is 0.606. The fourth-order valence-electron chi connectivity index (χ4n) is 2.41. The SMILES string of the molecule is Cc1ccc(-c2nc(C3CCCNC3)cs2)cc1. The molecule has 94 valence electrons. The van der Waals surface area contributed by atoms with Crippen LogP contribution in [0.25, 0.3) is 10.6 Å². The average molecular weight is 258 g/mol. The number of hydrogen-bond acceptors (Lipinski definition) is 3. The summed E-state index contributed by atoms with van der Waals surface area (Å²) in [7, 11) is 0. The number of aromatic nitrogens is 1. The van der Waals surface area contributed by atoms with Gasteiger partial charge in [0.1, 0.15) is 5.01 Å². The van der Waals surface area contributed by atoms with Gasteiger partial charge in [0.25, 0.3) is 0 Å². The summed E-state index contributed by atoms with van der Waals surface area (Å²) in [5, 5.41) is 6.83. The smallest absolute Gasteiger partial charge is 0.123 e. The summed E-state index contributed by atoms with van der Waals surface area (Å²) in [6.07, 6.45) is 2.53. The van der Waals surface area contributed by atoms with Crippen molar-refractivity contribution in [2.45, 2.75) is 25.7 Å². The lowest BCUT2D eigenvalue weighted by molar-refractivity contribution is 0.456. The van der Waals surface area contributed by atoms with E-state index in [0.29, 0.717) is 5.92 Å². The molecule has 2 heterocycles. The lowest BCUT2D eigenvalue weighted by Gasteiger charge is -2.20. The molecule has 0 amide bonds. The van der Waals surface area contributed by atoms with Gasteiger partial charge in [-0.25, -0.2) is 4.98 Å². The third-order valence-electron chi connectivity index (χ3n) is 3.54. The van der Waals surface area contributed by atoms with E-state index in [-0.39, 0.29) is 0 Å². The first-order chi connectivity index (χ1) is 8.83. The maximum Gasteiger partial charge on any atom is 0.123 e. The lowest BCUT2D eigenvalue weighted by Crippen LogP contribution is -2.28. The number of thiazole rings is 1. The Balaban J connectivity index is 1.82. The second-order valence-corrected chi connectivity index (χ2v) is 5.84. The molecule has 0 bridgehead atoms. The molecule has 1 fully saturated rings. The Kier molecular flexibility index (Phi) is 3.43. The van der Waals surface area contributed by atoms with Gasteiger partial charge in [0.2, 0.25) is 0 Å². The quantitative estimate of drug-likeness (QED) is 0.890. The normalized spacial score (nSPS) is 19.9. The van der Waals surface area contributed by atoms with Crippen LogP contribution in [0.5, 0.6) is 0 Å². The number of hydrogen-bond donors (Lipinski definition) is 1. The number of nitrogens with one attached hydrogen (secondary N) is 1. The molecular weight excluding hydrogens is 240 g/mol. The van der Waals surface area contributed by atoms with Crippen LogP contribution in [0, 0.1) is 6.92 Å². The van der Waals surface area contributed by atoms with Crippen molar-refractivity contribution in [1.29, 1.82) is 0 Å². The summed E-state index contributed by atoms with van der Waals surface area (Å²) in [5.74, 6) is 0.606. The summed E-state index contributed by atoms with van der Waals surface area (Å²) in [5.41, 5.74) is 3.80. The van der Waals surface area contributed by atoms with Crippen molar-refractivity contribution >= 4 is 11.3 Å². The zero-order valence-electron chi connectivity index (χ0n) is 10.6. The third kappa shape index (κ3) is 2.47. The molecule has 1 N–H and O–H groups in total. The van der Waals surface area contributed by atoms with E-state index in [4.69, 9.17) is 4.98 Å². The Hall–Kier alpha value is -1.19. The Labute approximate surface area is 112 Å². The van der Waals surface area contributed by atoms with Crippen LogP contribution in [0.4, 0.5) is 0 Å². The highest BCUT2D eigenvalue weighted by Crippen LogP contribution is 2.29. The van der Waals surface area contributed by atoms with E-state index in [1.54, 1.807) is 11.3 Å². The summed E-state index contributed by atoms with van der Waals surface area (Å²) >= 11 is 1.76. The highest BCUT2D eigenvalue weighted by molar-refractivity contribution is 7.13. The van der Waals surface area contributed by atoms with E-state index < -0.39 is 0 Å². The molecule has 1 saturated heterocycles. The van der Waals surface area contributed by atoms with Crippen LogP contribution in [-0.4, -0.2) is 18.1 Å². The van der Waals surface area contributed by atoms with Gasteiger partial charge in [-0.05, 0) is 26.3 Å². The predicted molar refractivity (Wildman–Crippen MR) is 77.1 cm³/mol. The molecule has 1 aliphatic heterocycles. The largest absolute Gasteiger partial charge is 0.316 e. The van der Waals surface area contributed by atoms with Crippen molar-refractivity contribution in [2.75, 3.05) is 13.1 Å². The lowest BCUT2D eigenvalue weighted by atomic mass is 9.97. The van der Waals surface area contributed by atoms with Gasteiger partial charge in [-0.3, -0.25) is 0 Å². The van der Waals surface area contributed by atoms with E-state index in [0.717, 1.165) is 18.1 Å². The molecule has 1 aromatic carbocycles. The van der Waals surface area contributed by atoms with Crippen LogP contribution >= 0.6 is 11.3 Å². The second kappa shape index (κ2) is 5.21. The molecule has 2 nitrogen and oxygen atoms in total. The zero-order chi connectivity index (χ0) is 12.4. The summed E-state index contributed by atoms with van der Waals surface area (Å²) in [6, 6.07) is 8.63. The molecule has 18 heavy (non-hydrogen) atoms. The molecule has 1 unspecified atom stereocenters. The zero-order valence-corrected chi connectivity index (χ0v) is 11.5. The number of rotatable bonds is 2. The molecule has 0 saturated carbocycles. The van der Waals surface area contributed by atoms with Gasteiger partial charge in [0, 0.05) is 23.4 Å². The standard InChI is InChI=1S/C15H18N2S/c1-11-4-6-12(7-5-11)15-17-14(10-18-15)13-3-2-8-16-9-13/h4-7,10,13,16H,2-3,8-9H2,1H3. The van der Waals surface area contributed by atoms with Crippen molar-refractivity contribution < 1.29 is 0 Å². The first-order valence-electron chi connectivity index (χ1n) is 6.56. The van der Waals surface area contributed by atoms with Gasteiger partial charge in [0.15, 0.2) is 0 Å². The molecule has 0 aliphatic carbocycles. The van der Waals surface area contributed by atoms with Crippen molar-refractivity contribution in [2.24, 2.45) is 0 Å².